The van der Waals surface area contributed by atoms with Gasteiger partial charge in [0, 0.05) is 43.1 Å². The zero-order chi connectivity index (χ0) is 30.6. The Balaban J connectivity index is 0.000000212. The molecule has 0 amide bonds. The van der Waals surface area contributed by atoms with E-state index in [0.717, 1.165) is 62.7 Å². The van der Waals surface area contributed by atoms with Gasteiger partial charge in [-0.15, -0.1) is 12.4 Å². The van der Waals surface area contributed by atoms with E-state index in [1.54, 1.807) is 36.9 Å². The predicted molar refractivity (Wildman–Crippen MR) is 177 cm³/mol. The predicted octanol–water partition coefficient (Wildman–Crippen LogP) is 8.28. The molecule has 0 aromatic carbocycles. The molecule has 2 saturated carbocycles. The number of pyridine rings is 3. The molecule has 7 nitrogen and oxygen atoms in total. The molecule has 4 heterocycles. The maximum atomic E-state index is 9.32. The first-order valence-electron chi connectivity index (χ1n) is 15.4. The number of hydrogen-bond donors (Lipinski definition) is 1. The first kappa shape index (κ1) is 36.7. The van der Waals surface area contributed by atoms with Crippen LogP contribution in [0.15, 0.2) is 73.6 Å². The summed E-state index contributed by atoms with van der Waals surface area (Å²) in [6.07, 6.45) is 24.0. The van der Waals surface area contributed by atoms with E-state index < -0.39 is 0 Å². The first-order valence-corrected chi connectivity index (χ1v) is 15.7. The number of nitrogens with zero attached hydrogens (tertiary/aromatic N) is 6. The quantitative estimate of drug-likeness (QED) is 0.302. The van der Waals surface area contributed by atoms with Crippen molar-refractivity contribution in [3.63, 3.8) is 0 Å². The lowest BCUT2D eigenvalue weighted by atomic mass is 9.71. The van der Waals surface area contributed by atoms with Gasteiger partial charge in [-0.3, -0.25) is 15.0 Å². The van der Waals surface area contributed by atoms with E-state index in [2.05, 4.69) is 38.5 Å². The van der Waals surface area contributed by atoms with Crippen LogP contribution in [0.1, 0.15) is 88.2 Å². The average molecular weight is 633 g/mol. The minimum Gasteiger partial charge on any atom is -0.317 e. The molecule has 0 atom stereocenters. The van der Waals surface area contributed by atoms with E-state index in [9.17, 15) is 10.5 Å². The molecule has 3 aliphatic rings. The highest BCUT2D eigenvalue weighted by Gasteiger charge is 2.34. The third kappa shape index (κ3) is 11.5. The van der Waals surface area contributed by atoms with Gasteiger partial charge in [-0.25, -0.2) is 0 Å². The Kier molecular flexibility index (Phi) is 17.0. The van der Waals surface area contributed by atoms with Gasteiger partial charge in [0.1, 0.15) is 0 Å². The normalized spacial score (nSPS) is 18.1. The van der Waals surface area contributed by atoms with Crippen LogP contribution in [-0.2, 0) is 10.8 Å². The molecular weight excluding hydrogens is 589 g/mol. The minimum absolute atomic E-state index is 0. The number of rotatable bonds is 2. The Bertz CT molecular complexity index is 1230. The van der Waals surface area contributed by atoms with Gasteiger partial charge in [0.15, 0.2) is 0 Å². The maximum absolute atomic E-state index is 9.32. The van der Waals surface area contributed by atoms with Crippen molar-refractivity contribution in [1.82, 2.24) is 20.3 Å². The monoisotopic (exact) mass is 631 g/mol. The number of nitrogens with one attached hydrogen (secondary N) is 1. The van der Waals surface area contributed by atoms with Crippen LogP contribution in [0.2, 0.25) is 5.02 Å². The number of halogens is 2. The van der Waals surface area contributed by atoms with Crippen molar-refractivity contribution in [2.75, 3.05) is 13.1 Å². The van der Waals surface area contributed by atoms with E-state index in [1.165, 1.54) is 38.5 Å². The molecule has 6 rings (SSSR count). The van der Waals surface area contributed by atoms with Crippen LogP contribution < -0.4 is 5.32 Å². The lowest BCUT2D eigenvalue weighted by Crippen LogP contribution is -2.38. The van der Waals surface area contributed by atoms with E-state index in [4.69, 9.17) is 16.9 Å². The average Bonchev–Trinajstić information content (AvgIpc) is 3.11. The molecule has 2 aliphatic carbocycles. The number of piperidine rings is 1. The fourth-order valence-corrected chi connectivity index (χ4v) is 5.93. The Morgan fingerprint density at radius 2 is 1.14 bits per heavy atom. The second-order valence-corrected chi connectivity index (χ2v) is 11.8. The van der Waals surface area contributed by atoms with Crippen molar-refractivity contribution in [3.8, 4) is 18.2 Å². The van der Waals surface area contributed by atoms with Gasteiger partial charge in [-0.2, -0.15) is 15.8 Å². The second-order valence-electron chi connectivity index (χ2n) is 11.3. The van der Waals surface area contributed by atoms with Crippen LogP contribution in [0, 0.1) is 39.9 Å². The fourth-order valence-electron chi connectivity index (χ4n) is 5.80. The third-order valence-corrected chi connectivity index (χ3v) is 8.66. The van der Waals surface area contributed by atoms with Gasteiger partial charge in [0.25, 0.3) is 0 Å². The van der Waals surface area contributed by atoms with Crippen LogP contribution >= 0.6 is 24.0 Å². The highest BCUT2D eigenvalue weighted by Crippen LogP contribution is 2.38. The second kappa shape index (κ2) is 20.4. The summed E-state index contributed by atoms with van der Waals surface area (Å²) in [4.78, 5) is 11.9. The van der Waals surface area contributed by atoms with Crippen molar-refractivity contribution < 1.29 is 0 Å². The van der Waals surface area contributed by atoms with Crippen molar-refractivity contribution >= 4 is 24.0 Å². The highest BCUT2D eigenvalue weighted by molar-refractivity contribution is 6.30. The van der Waals surface area contributed by atoms with E-state index in [0.29, 0.717) is 10.9 Å². The summed E-state index contributed by atoms with van der Waals surface area (Å²) in [5.41, 5.74) is 1.61. The van der Waals surface area contributed by atoms with Gasteiger partial charge in [0.05, 0.1) is 34.1 Å². The summed E-state index contributed by atoms with van der Waals surface area (Å²) in [5.74, 6) is 0.392. The first-order chi connectivity index (χ1) is 21.1. The van der Waals surface area contributed by atoms with Crippen LogP contribution in [0.5, 0.6) is 0 Å². The summed E-state index contributed by atoms with van der Waals surface area (Å²) < 4.78 is 0. The smallest absolute Gasteiger partial charge is 0.0861 e. The zero-order valence-electron chi connectivity index (χ0n) is 25.4. The number of nitriles is 3. The summed E-state index contributed by atoms with van der Waals surface area (Å²) in [7, 11) is 0. The molecule has 0 spiro atoms. The zero-order valence-corrected chi connectivity index (χ0v) is 26.9. The molecule has 44 heavy (non-hydrogen) atoms. The van der Waals surface area contributed by atoms with Gasteiger partial charge in [-0.1, -0.05) is 62.3 Å². The molecule has 232 valence electrons. The number of aromatic nitrogens is 3. The molecule has 3 fully saturated rings. The highest BCUT2D eigenvalue weighted by atomic mass is 35.5. The summed E-state index contributed by atoms with van der Waals surface area (Å²) in [6, 6.07) is 18.7. The summed E-state index contributed by atoms with van der Waals surface area (Å²) in [5, 5.41) is 31.0. The van der Waals surface area contributed by atoms with Crippen LogP contribution in [0.25, 0.3) is 0 Å². The van der Waals surface area contributed by atoms with Gasteiger partial charge in [-0.05, 0) is 87.0 Å². The molecule has 9 heteroatoms. The lowest BCUT2D eigenvalue weighted by molar-refractivity contribution is 0.365. The van der Waals surface area contributed by atoms with E-state index in [1.807, 2.05) is 36.7 Å². The van der Waals surface area contributed by atoms with Gasteiger partial charge in [0.2, 0.25) is 0 Å². The van der Waals surface area contributed by atoms with Crippen molar-refractivity contribution in [3.05, 3.63) is 89.7 Å². The van der Waals surface area contributed by atoms with Crippen LogP contribution in [0.3, 0.4) is 0 Å². The lowest BCUT2D eigenvalue weighted by Gasteiger charge is -2.31. The molecule has 0 bridgehead atoms. The Labute approximate surface area is 274 Å². The van der Waals surface area contributed by atoms with Crippen LogP contribution in [0.4, 0.5) is 0 Å². The fraction of sp³-hybridized carbons (Fsp3) is 0.486. The van der Waals surface area contributed by atoms with Gasteiger partial charge < -0.3 is 5.32 Å². The third-order valence-electron chi connectivity index (χ3n) is 8.43. The van der Waals surface area contributed by atoms with Crippen LogP contribution in [-0.4, -0.2) is 28.0 Å². The maximum Gasteiger partial charge on any atom is 0.0861 e. The molecule has 0 unspecified atom stereocenters. The largest absolute Gasteiger partial charge is 0.317 e. The summed E-state index contributed by atoms with van der Waals surface area (Å²) >= 11 is 5.48. The molecular formula is C35H43Cl2N7. The molecule has 0 radical (unpaired) electrons. The topological polar surface area (TPSA) is 122 Å². The SMILES string of the molecule is Cl.Clc1cccnc1.N#CC1(c2cccnc2)CCCCC1.N#CC1(c2cccnc2)CCNCC1.N#CC1CCCCC1. The van der Waals surface area contributed by atoms with E-state index in [-0.39, 0.29) is 23.2 Å². The van der Waals surface area contributed by atoms with Crippen molar-refractivity contribution in [2.45, 2.75) is 87.9 Å². The van der Waals surface area contributed by atoms with Gasteiger partial charge >= 0.3 is 0 Å². The van der Waals surface area contributed by atoms with Crippen molar-refractivity contribution in [1.29, 1.82) is 15.8 Å². The molecule has 1 aliphatic heterocycles. The van der Waals surface area contributed by atoms with E-state index >= 15 is 0 Å². The summed E-state index contributed by atoms with van der Waals surface area (Å²) in [6.45, 7) is 1.84. The molecule has 1 N–H and O–H groups in total. The Hall–Kier alpha value is -3.54. The Morgan fingerprint density at radius 1 is 0.659 bits per heavy atom. The Morgan fingerprint density at radius 3 is 1.50 bits per heavy atom. The minimum atomic E-state index is -0.306. The standard InChI is InChI=1S/C12H14N2.C11H13N3.C7H11N.C5H4ClN.ClH/c13-10-12(6-2-1-3-7-12)11-5-4-8-14-9-11;12-9-11(3-6-13-7-4-11)10-2-1-5-14-8-10;8-6-7-4-2-1-3-5-7;6-5-2-1-3-7-4-5;/h4-5,8-9H,1-3,6-7H2;1-2,5,8,13H,3-4,6-7H2;7H,1-5H2;1-4H;1H. The molecule has 3 aromatic rings. The molecule has 3 aromatic heterocycles. The molecule has 1 saturated heterocycles. The van der Waals surface area contributed by atoms with Crippen molar-refractivity contribution in [2.24, 2.45) is 5.92 Å². The number of hydrogen-bond acceptors (Lipinski definition) is 7.